The van der Waals surface area contributed by atoms with E-state index in [0.717, 1.165) is 123 Å². The van der Waals surface area contributed by atoms with Crippen molar-refractivity contribution in [1.82, 2.24) is 53.5 Å². The average molecular weight is 1600 g/mol. The zero-order valence-corrected chi connectivity index (χ0v) is 71.8. The van der Waals surface area contributed by atoms with Crippen LogP contribution in [0.3, 0.4) is 0 Å². The highest BCUT2D eigenvalue weighted by Crippen LogP contribution is 2.43. The number of benzene rings is 4. The van der Waals surface area contributed by atoms with Gasteiger partial charge in [-0.15, -0.1) is 0 Å². The van der Waals surface area contributed by atoms with Crippen LogP contribution in [0.1, 0.15) is 147 Å². The number of carboxylic acids is 1. The number of halogens is 2. The summed E-state index contributed by atoms with van der Waals surface area (Å²) >= 11 is 0. The summed E-state index contributed by atoms with van der Waals surface area (Å²) in [6.07, 6.45) is 5.00. The molecule has 8 aromatic rings. The van der Waals surface area contributed by atoms with Gasteiger partial charge in [0.1, 0.15) is 48.1 Å². The summed E-state index contributed by atoms with van der Waals surface area (Å²) in [6, 6.07) is 18.4. The van der Waals surface area contributed by atoms with Crippen LogP contribution in [0.2, 0.25) is 51.4 Å². The Kier molecular flexibility index (Phi) is 28.3. The third-order valence-corrected chi connectivity index (χ3v) is 23.9. The topological polar surface area (TPSA) is 262 Å². The van der Waals surface area contributed by atoms with Crippen molar-refractivity contribution in [2.75, 3.05) is 68.5 Å². The van der Waals surface area contributed by atoms with E-state index in [1.807, 2.05) is 75.7 Å². The number of amides is 3. The Morgan fingerprint density at radius 1 is 0.593 bits per heavy atom. The van der Waals surface area contributed by atoms with Crippen molar-refractivity contribution in [1.29, 1.82) is 0 Å². The number of aromatic nitrogens is 8. The van der Waals surface area contributed by atoms with Gasteiger partial charge in [-0.3, -0.25) is 19.4 Å². The Hall–Kier alpha value is -8.63. The minimum atomic E-state index is -1.41. The molecule has 26 nitrogen and oxygen atoms in total. The van der Waals surface area contributed by atoms with Gasteiger partial charge >= 0.3 is 18.2 Å². The van der Waals surface area contributed by atoms with E-state index in [2.05, 4.69) is 44.0 Å². The van der Waals surface area contributed by atoms with Crippen molar-refractivity contribution in [3.8, 4) is 56.8 Å². The van der Waals surface area contributed by atoms with Crippen LogP contribution in [0.15, 0.2) is 60.7 Å². The Morgan fingerprint density at radius 2 is 1.00 bits per heavy atom. The van der Waals surface area contributed by atoms with Crippen molar-refractivity contribution >= 4 is 62.0 Å². The van der Waals surface area contributed by atoms with Crippen LogP contribution in [-0.4, -0.2) is 191 Å². The second-order valence-electron chi connectivity index (χ2n) is 33.5. The summed E-state index contributed by atoms with van der Waals surface area (Å²) in [7, 11) is 4.73. The first-order valence-electron chi connectivity index (χ1n) is 39.4. The molecule has 4 aliphatic heterocycles. The lowest BCUT2D eigenvalue weighted by atomic mass is 9.96. The molecule has 4 unspecified atom stereocenters. The van der Waals surface area contributed by atoms with Crippen LogP contribution in [0.5, 0.6) is 11.5 Å². The van der Waals surface area contributed by atoms with Gasteiger partial charge in [0, 0.05) is 87.0 Å². The fourth-order valence-electron chi connectivity index (χ4n) is 14.2. The molecule has 4 atom stereocenters. The standard InChI is InChI=1S/C41H57FN6O7Si.C39H52FN5O7Si.C3H8O/c1-11-26-21-35(51-6)30(42)22-29(26)27-15-16-28-32(20-27)48(36-14-12-13-17-54-36)44-37(28)38-43-31-23-33(39(49)45(5)52-7)46(40(50)55-41(2,3)4)24-34(31)47(38)25-53-18-19-56(8,9)10;1-9-24-19-33(49-5)28(40)20-27(24)25-13-14-26-30(18-25)45(34-12-10-11-15-51-34)42-35(26)36-41-29-21-31(37(46)47)43(38(48)52-39(2,3)4)22-32(29)44(36)23-50-16-17-53(6,7)8;1-3-4-2/h15-16,20-22,33,36H,11-14,17-19,23-25H2,1-10H3;13-14,18-20,31,34H,9-12,15-17,21-23H2,1-8H3,(H,46,47);3H2,1-2H3. The predicted molar refractivity (Wildman–Crippen MR) is 434 cm³/mol. The largest absolute Gasteiger partial charge is 0.494 e. The van der Waals surface area contributed by atoms with Crippen LogP contribution in [-0.2, 0) is 99.8 Å². The summed E-state index contributed by atoms with van der Waals surface area (Å²) in [4.78, 5) is 71.7. The molecule has 0 spiro atoms. The molecule has 4 aromatic carbocycles. The first kappa shape index (κ1) is 86.8. The third kappa shape index (κ3) is 20.7. The zero-order valence-electron chi connectivity index (χ0n) is 69.8. The fraction of sp³-hybridized carbons (Fsp3) is 0.566. The van der Waals surface area contributed by atoms with Gasteiger partial charge in [0.25, 0.3) is 5.91 Å². The Balaban J connectivity index is 0.000000229. The molecule has 0 radical (unpaired) electrons. The summed E-state index contributed by atoms with van der Waals surface area (Å²) < 4.78 is 89.8. The maximum atomic E-state index is 15.2. The molecule has 113 heavy (non-hydrogen) atoms. The number of aliphatic carboxylic acids is 1. The highest BCUT2D eigenvalue weighted by Gasteiger charge is 2.44. The lowest BCUT2D eigenvalue weighted by Crippen LogP contribution is -2.54. The SMILES string of the molecule is CCOC.CCc1cc(OC)c(F)cc1-c1ccc2c(-c3nc4c(n3COCC[Si](C)(C)C)CN(C(=O)OC(C)(C)C)C(C(=O)N(C)OC)C4)nn(C3CCCCO3)c2c1.CCc1cc(OC)c(F)cc1-c1ccc2c(-c3nc4c(n3COCC[Si](C)(C)C)CN(C(=O)OC(C)(C)C)C(C(=O)O)C4)nn(C3CCCCO3)c2c1. The molecule has 2 saturated heterocycles. The van der Waals surface area contributed by atoms with E-state index < -0.39 is 75.1 Å². The molecule has 4 aliphatic rings. The number of rotatable bonds is 24. The number of imidazole rings is 2. The van der Waals surface area contributed by atoms with Gasteiger partial charge in [-0.1, -0.05) is 65.3 Å². The van der Waals surface area contributed by atoms with Crippen LogP contribution in [0.25, 0.3) is 67.1 Å². The molecule has 2 fully saturated rings. The van der Waals surface area contributed by atoms with Gasteiger partial charge in [-0.05, 0) is 194 Å². The van der Waals surface area contributed by atoms with Gasteiger partial charge in [0.15, 0.2) is 47.2 Å². The number of hydrogen-bond donors (Lipinski definition) is 1. The predicted octanol–water partition coefficient (Wildman–Crippen LogP) is 16.7. The third-order valence-electron chi connectivity index (χ3n) is 20.4. The molecule has 616 valence electrons. The molecule has 0 bridgehead atoms. The van der Waals surface area contributed by atoms with Gasteiger partial charge in [0.2, 0.25) is 0 Å². The highest BCUT2D eigenvalue weighted by atomic mass is 28.3. The van der Waals surface area contributed by atoms with Crippen molar-refractivity contribution < 1.29 is 80.5 Å². The number of hydrogen-bond acceptors (Lipinski definition) is 18. The summed E-state index contributed by atoms with van der Waals surface area (Å²) in [5, 5.41) is 23.4. The van der Waals surface area contributed by atoms with Crippen LogP contribution in [0, 0.1) is 11.6 Å². The van der Waals surface area contributed by atoms with Crippen LogP contribution in [0.4, 0.5) is 18.4 Å². The fourth-order valence-corrected chi connectivity index (χ4v) is 15.7. The Labute approximate surface area is 664 Å². The monoisotopic (exact) mass is 1600 g/mol. The average Bonchev–Trinajstić information content (AvgIpc) is 1.58. The molecule has 3 amide bonds. The van der Waals surface area contributed by atoms with Gasteiger partial charge in [-0.25, -0.2) is 47.6 Å². The molecule has 12 rings (SSSR count). The second-order valence-corrected chi connectivity index (χ2v) is 44.7. The van der Waals surface area contributed by atoms with Crippen molar-refractivity contribution in [2.45, 2.75) is 240 Å². The van der Waals surface area contributed by atoms with E-state index in [1.165, 1.54) is 50.3 Å². The number of hydroxylamine groups is 2. The molecule has 30 heteroatoms. The quantitative estimate of drug-likeness (QED) is 0.0335. The molecular weight excluding hydrogens is 1490 g/mol. The van der Waals surface area contributed by atoms with Crippen LogP contribution >= 0.6 is 0 Å². The maximum Gasteiger partial charge on any atom is 0.411 e. The minimum Gasteiger partial charge on any atom is -0.494 e. The summed E-state index contributed by atoms with van der Waals surface area (Å²) in [6.45, 7) is 33.9. The van der Waals surface area contributed by atoms with Gasteiger partial charge in [0.05, 0.1) is 68.2 Å². The number of carbonyl (C=O) groups excluding carboxylic acids is 3. The normalized spacial score (nSPS) is 17.4. The number of carbonyl (C=O) groups is 4. The van der Waals surface area contributed by atoms with E-state index >= 15 is 8.78 Å². The molecule has 4 aromatic heterocycles. The number of likely N-dealkylation sites (N-methyl/N-ethyl adjacent to an activating group) is 1. The van der Waals surface area contributed by atoms with Gasteiger partial charge in [-0.2, -0.15) is 10.2 Å². The maximum absolute atomic E-state index is 15.2. The highest BCUT2D eigenvalue weighted by molar-refractivity contribution is 6.76. The number of fused-ring (bicyclic) bond motifs is 4. The Morgan fingerprint density at radius 3 is 1.35 bits per heavy atom. The number of carboxylic acid groups (broad SMARTS) is 1. The molecule has 0 saturated carbocycles. The second kappa shape index (κ2) is 36.9. The molecule has 8 heterocycles. The van der Waals surface area contributed by atoms with Crippen molar-refractivity contribution in [3.63, 3.8) is 0 Å². The van der Waals surface area contributed by atoms with E-state index in [1.54, 1.807) is 60.8 Å². The Bertz CT molecular complexity index is 4670. The van der Waals surface area contributed by atoms with Crippen molar-refractivity contribution in [2.24, 2.45) is 0 Å². The van der Waals surface area contributed by atoms with E-state index in [0.29, 0.717) is 79.4 Å². The van der Waals surface area contributed by atoms with Gasteiger partial charge < -0.3 is 56.9 Å². The lowest BCUT2D eigenvalue weighted by molar-refractivity contribution is -0.175. The van der Waals surface area contributed by atoms with Crippen molar-refractivity contribution in [3.05, 3.63) is 106 Å². The minimum absolute atomic E-state index is 0.00380. The number of aryl methyl sites for hydroxylation is 2. The first-order valence-corrected chi connectivity index (χ1v) is 46.8. The number of nitrogens with zero attached hydrogens (tertiary/aromatic N) is 11. The number of ether oxygens (including phenoxy) is 9. The molecule has 0 aliphatic carbocycles. The van der Waals surface area contributed by atoms with Crippen LogP contribution < -0.4 is 9.47 Å². The first-order chi connectivity index (χ1) is 53.5. The zero-order chi connectivity index (χ0) is 82.2. The van der Waals surface area contributed by atoms with E-state index in [-0.39, 0.29) is 63.3 Å². The number of methoxy groups -OCH3 is 3. The smallest absolute Gasteiger partial charge is 0.411 e. The van der Waals surface area contributed by atoms with E-state index in [9.17, 15) is 24.3 Å². The summed E-state index contributed by atoms with van der Waals surface area (Å²) in [5.41, 5.74) is 8.96. The molecular formula is C83H117F2N11O15Si2. The lowest BCUT2D eigenvalue weighted by Gasteiger charge is -2.36. The molecule has 1 N–H and O–H groups in total. The van der Waals surface area contributed by atoms with E-state index in [4.69, 9.17) is 62.9 Å². The summed E-state index contributed by atoms with van der Waals surface area (Å²) in [5.74, 6) is -0.931.